The van der Waals surface area contributed by atoms with Crippen LogP contribution in [0.5, 0.6) is 0 Å². The lowest BCUT2D eigenvalue weighted by molar-refractivity contribution is -0.119. The van der Waals surface area contributed by atoms with Crippen molar-refractivity contribution < 1.29 is 14.3 Å². The molecular formula is C9H11N3O3. The predicted octanol–water partition coefficient (Wildman–Crippen LogP) is 0.146. The van der Waals surface area contributed by atoms with Crippen LogP contribution in [0.25, 0.3) is 0 Å². The van der Waals surface area contributed by atoms with E-state index in [2.05, 4.69) is 10.3 Å². The molecule has 80 valence electrons. The second-order valence-corrected chi connectivity index (χ2v) is 3.35. The van der Waals surface area contributed by atoms with E-state index in [9.17, 15) is 9.59 Å². The Morgan fingerprint density at radius 3 is 3.20 bits per heavy atom. The van der Waals surface area contributed by atoms with Gasteiger partial charge in [-0.2, -0.15) is 0 Å². The van der Waals surface area contributed by atoms with Crippen LogP contribution in [0, 0.1) is 0 Å². The van der Waals surface area contributed by atoms with Crippen LogP contribution in [-0.2, 0) is 9.53 Å². The summed E-state index contributed by atoms with van der Waals surface area (Å²) in [6.45, 7) is 0.211. The van der Waals surface area contributed by atoms with Crippen molar-refractivity contribution in [3.63, 3.8) is 0 Å². The molecule has 2 heterocycles. The lowest BCUT2D eigenvalue weighted by Gasteiger charge is -2.10. The van der Waals surface area contributed by atoms with Crippen LogP contribution < -0.4 is 5.32 Å². The zero-order valence-corrected chi connectivity index (χ0v) is 8.05. The Morgan fingerprint density at radius 2 is 2.60 bits per heavy atom. The SMILES string of the molecule is O=C1CC[C@H](COC(=O)n2ccnc2)N1. The summed E-state index contributed by atoms with van der Waals surface area (Å²) in [7, 11) is 0. The first-order valence-electron chi connectivity index (χ1n) is 4.70. The van der Waals surface area contributed by atoms with Gasteiger partial charge in [-0.1, -0.05) is 0 Å². The molecular weight excluding hydrogens is 198 g/mol. The Morgan fingerprint density at radius 1 is 1.73 bits per heavy atom. The quantitative estimate of drug-likeness (QED) is 0.752. The summed E-state index contributed by atoms with van der Waals surface area (Å²) in [5.41, 5.74) is 0. The molecule has 1 atom stereocenters. The van der Waals surface area contributed by atoms with E-state index in [0.717, 1.165) is 6.42 Å². The Labute approximate surface area is 86.2 Å². The number of carbonyl (C=O) groups is 2. The molecule has 1 aromatic rings. The number of nitrogens with one attached hydrogen (secondary N) is 1. The summed E-state index contributed by atoms with van der Waals surface area (Å²) in [5, 5.41) is 2.71. The molecule has 0 aliphatic carbocycles. The third-order valence-electron chi connectivity index (χ3n) is 2.21. The van der Waals surface area contributed by atoms with Crippen LogP contribution in [0.1, 0.15) is 12.8 Å². The number of nitrogens with zero attached hydrogens (tertiary/aromatic N) is 2. The lowest BCUT2D eigenvalue weighted by Crippen LogP contribution is -2.31. The van der Waals surface area contributed by atoms with Gasteiger partial charge < -0.3 is 10.1 Å². The van der Waals surface area contributed by atoms with E-state index in [4.69, 9.17) is 4.74 Å². The second kappa shape index (κ2) is 4.12. The van der Waals surface area contributed by atoms with Crippen LogP contribution >= 0.6 is 0 Å². The van der Waals surface area contributed by atoms with Gasteiger partial charge in [0.05, 0.1) is 6.04 Å². The normalized spacial score (nSPS) is 20.0. The molecule has 0 spiro atoms. The number of carbonyl (C=O) groups excluding carboxylic acids is 2. The van der Waals surface area contributed by atoms with E-state index in [1.54, 1.807) is 0 Å². The minimum atomic E-state index is -0.478. The van der Waals surface area contributed by atoms with Gasteiger partial charge in [-0.05, 0) is 6.42 Å². The van der Waals surface area contributed by atoms with Gasteiger partial charge >= 0.3 is 6.09 Å². The van der Waals surface area contributed by atoms with Gasteiger partial charge in [-0.25, -0.2) is 14.3 Å². The molecule has 0 radical (unpaired) electrons. The Kier molecular flexibility index (Phi) is 2.66. The third-order valence-corrected chi connectivity index (χ3v) is 2.21. The smallest absolute Gasteiger partial charge is 0.419 e. The van der Waals surface area contributed by atoms with Gasteiger partial charge in [0.1, 0.15) is 12.9 Å². The Balaban J connectivity index is 1.79. The van der Waals surface area contributed by atoms with Gasteiger partial charge in [0.25, 0.3) is 0 Å². The highest BCUT2D eigenvalue weighted by Crippen LogP contribution is 2.06. The van der Waals surface area contributed by atoms with E-state index in [0.29, 0.717) is 6.42 Å². The van der Waals surface area contributed by atoms with Crippen LogP contribution in [0.2, 0.25) is 0 Å². The average Bonchev–Trinajstić information content (AvgIpc) is 2.84. The van der Waals surface area contributed by atoms with Gasteiger partial charge in [0, 0.05) is 18.8 Å². The minimum absolute atomic E-state index is 0.0127. The molecule has 1 aliphatic rings. The van der Waals surface area contributed by atoms with E-state index in [1.807, 2.05) is 0 Å². The molecule has 0 bridgehead atoms. The lowest BCUT2D eigenvalue weighted by atomic mass is 10.2. The number of rotatable bonds is 2. The molecule has 1 aliphatic heterocycles. The van der Waals surface area contributed by atoms with Crippen molar-refractivity contribution in [3.05, 3.63) is 18.7 Å². The number of hydrogen-bond acceptors (Lipinski definition) is 4. The molecule has 6 heteroatoms. The molecule has 0 aromatic carbocycles. The number of amides is 1. The Bertz CT molecular complexity index is 361. The maximum atomic E-state index is 11.3. The summed E-state index contributed by atoms with van der Waals surface area (Å²) in [5.74, 6) is 0.0127. The molecule has 0 saturated carbocycles. The van der Waals surface area contributed by atoms with E-state index in [-0.39, 0.29) is 18.6 Å². The van der Waals surface area contributed by atoms with Crippen molar-refractivity contribution in [1.82, 2.24) is 14.9 Å². The van der Waals surface area contributed by atoms with Crippen molar-refractivity contribution in [2.75, 3.05) is 6.61 Å². The molecule has 1 aromatic heterocycles. The average molecular weight is 209 g/mol. The standard InChI is InChI=1S/C9H11N3O3/c13-8-2-1-7(11-8)5-15-9(14)12-4-3-10-6-12/h3-4,6-7H,1-2,5H2,(H,11,13)/t7-/m1/s1. The summed E-state index contributed by atoms with van der Waals surface area (Å²) in [6.07, 6.45) is 5.13. The maximum absolute atomic E-state index is 11.3. The molecule has 0 unspecified atom stereocenters. The van der Waals surface area contributed by atoms with Crippen LogP contribution in [0.4, 0.5) is 4.79 Å². The molecule has 1 amide bonds. The summed E-state index contributed by atoms with van der Waals surface area (Å²) >= 11 is 0. The first-order chi connectivity index (χ1) is 7.25. The summed E-state index contributed by atoms with van der Waals surface area (Å²) in [4.78, 5) is 25.9. The van der Waals surface area contributed by atoms with Crippen molar-refractivity contribution in [2.24, 2.45) is 0 Å². The molecule has 6 nitrogen and oxygen atoms in total. The van der Waals surface area contributed by atoms with Crippen molar-refractivity contribution in [1.29, 1.82) is 0 Å². The largest absolute Gasteiger partial charge is 0.447 e. The highest BCUT2D eigenvalue weighted by molar-refractivity contribution is 5.78. The molecule has 1 N–H and O–H groups in total. The summed E-state index contributed by atoms with van der Waals surface area (Å²) in [6, 6.07) is -0.0510. The Hall–Kier alpha value is -1.85. The van der Waals surface area contributed by atoms with Gasteiger partial charge in [0.2, 0.25) is 5.91 Å². The molecule has 15 heavy (non-hydrogen) atoms. The van der Waals surface area contributed by atoms with Gasteiger partial charge in [-0.3, -0.25) is 4.79 Å². The summed E-state index contributed by atoms with van der Waals surface area (Å²) < 4.78 is 6.23. The highest BCUT2D eigenvalue weighted by atomic mass is 16.5. The molecule has 1 fully saturated rings. The van der Waals surface area contributed by atoms with Crippen molar-refractivity contribution in [2.45, 2.75) is 18.9 Å². The van der Waals surface area contributed by atoms with E-state index >= 15 is 0 Å². The second-order valence-electron chi connectivity index (χ2n) is 3.35. The predicted molar refractivity (Wildman–Crippen MR) is 50.1 cm³/mol. The molecule has 2 rings (SSSR count). The van der Waals surface area contributed by atoms with Crippen LogP contribution in [-0.4, -0.2) is 34.2 Å². The fourth-order valence-electron chi connectivity index (χ4n) is 1.42. The highest BCUT2D eigenvalue weighted by Gasteiger charge is 2.22. The first-order valence-corrected chi connectivity index (χ1v) is 4.70. The topological polar surface area (TPSA) is 73.2 Å². The van der Waals surface area contributed by atoms with Crippen LogP contribution in [0.15, 0.2) is 18.7 Å². The maximum Gasteiger partial charge on any atom is 0.419 e. The van der Waals surface area contributed by atoms with E-state index < -0.39 is 6.09 Å². The van der Waals surface area contributed by atoms with Crippen LogP contribution in [0.3, 0.4) is 0 Å². The number of hydrogen-bond donors (Lipinski definition) is 1. The van der Waals surface area contributed by atoms with Gasteiger partial charge in [-0.15, -0.1) is 0 Å². The van der Waals surface area contributed by atoms with Gasteiger partial charge in [0.15, 0.2) is 0 Å². The monoisotopic (exact) mass is 209 g/mol. The number of ether oxygens (including phenoxy) is 1. The molecule has 1 saturated heterocycles. The fraction of sp³-hybridized carbons (Fsp3) is 0.444. The zero-order chi connectivity index (χ0) is 10.7. The zero-order valence-electron chi connectivity index (χ0n) is 8.05. The fourth-order valence-corrected chi connectivity index (χ4v) is 1.42. The third kappa shape index (κ3) is 2.34. The van der Waals surface area contributed by atoms with Crippen molar-refractivity contribution in [3.8, 4) is 0 Å². The van der Waals surface area contributed by atoms with E-state index in [1.165, 1.54) is 23.3 Å². The number of aromatic nitrogens is 2. The minimum Gasteiger partial charge on any atom is -0.447 e. The number of imidazole rings is 1. The van der Waals surface area contributed by atoms with Crippen molar-refractivity contribution >= 4 is 12.0 Å². The first kappa shape index (κ1) is 9.70.